The molecule has 0 bridgehead atoms. The smallest absolute Gasteiger partial charge is 0.235 e. The molecule has 132 valence electrons. The fourth-order valence-electron chi connectivity index (χ4n) is 3.09. The number of nitrogens with zero attached hydrogens (tertiary/aromatic N) is 2. The second-order valence-electron chi connectivity index (χ2n) is 6.03. The van der Waals surface area contributed by atoms with Gasteiger partial charge in [-0.3, -0.25) is 4.79 Å². The predicted molar refractivity (Wildman–Crippen MR) is 105 cm³/mol. The molecule has 2 heterocycles. The normalized spacial score (nSPS) is 16.7. The lowest BCUT2D eigenvalue weighted by Crippen LogP contribution is -2.15. The van der Waals surface area contributed by atoms with Crippen molar-refractivity contribution in [3.63, 3.8) is 0 Å². The summed E-state index contributed by atoms with van der Waals surface area (Å²) in [4.78, 5) is 12.3. The maximum atomic E-state index is 13.3. The average Bonchev–Trinajstić information content (AvgIpc) is 2.82. The Kier molecular flexibility index (Phi) is 4.58. The van der Waals surface area contributed by atoms with Crippen LogP contribution < -0.4 is 5.32 Å². The van der Waals surface area contributed by atoms with E-state index < -0.39 is 0 Å². The van der Waals surface area contributed by atoms with Crippen molar-refractivity contribution >= 4 is 39.4 Å². The number of fused-ring (bicyclic) bond motifs is 1. The van der Waals surface area contributed by atoms with Crippen LogP contribution in [0.1, 0.15) is 22.1 Å². The number of hydrogen-bond donors (Lipinski definition) is 1. The number of nitrogens with one attached hydrogen (secondary N) is 1. The highest BCUT2D eigenvalue weighted by atomic mass is 79.9. The summed E-state index contributed by atoms with van der Waals surface area (Å²) in [6.45, 7) is 1.93. The SMILES string of the molecule is Cc1nn(-c2ccc(F)cc2)c2c1[C@@H](c1cccc(Br)c1)SCC(=O)N2. The van der Waals surface area contributed by atoms with Gasteiger partial charge in [-0.25, -0.2) is 9.07 Å². The topological polar surface area (TPSA) is 46.9 Å². The highest BCUT2D eigenvalue weighted by Crippen LogP contribution is 2.44. The van der Waals surface area contributed by atoms with Gasteiger partial charge in [-0.1, -0.05) is 28.1 Å². The van der Waals surface area contributed by atoms with Crippen LogP contribution in [0.3, 0.4) is 0 Å². The molecule has 0 spiro atoms. The predicted octanol–water partition coefficient (Wildman–Crippen LogP) is 4.86. The summed E-state index contributed by atoms with van der Waals surface area (Å²) in [5.74, 6) is 0.621. The molecule has 0 unspecified atom stereocenters. The number of carbonyl (C=O) groups is 1. The molecule has 2 aromatic carbocycles. The molecule has 0 radical (unpaired) electrons. The third-order valence-corrected chi connectivity index (χ3v) is 5.99. The van der Waals surface area contributed by atoms with E-state index in [-0.39, 0.29) is 17.0 Å². The van der Waals surface area contributed by atoms with Crippen LogP contribution in [-0.4, -0.2) is 21.4 Å². The fourth-order valence-corrected chi connectivity index (χ4v) is 4.68. The first-order chi connectivity index (χ1) is 12.5. The van der Waals surface area contributed by atoms with Crippen LogP contribution in [0.5, 0.6) is 0 Å². The van der Waals surface area contributed by atoms with Crippen LogP contribution in [0.2, 0.25) is 0 Å². The van der Waals surface area contributed by atoms with E-state index in [1.807, 2.05) is 19.1 Å². The van der Waals surface area contributed by atoms with E-state index in [9.17, 15) is 9.18 Å². The molecule has 1 atom stereocenters. The van der Waals surface area contributed by atoms with E-state index in [0.29, 0.717) is 17.3 Å². The molecule has 1 aliphatic rings. The van der Waals surface area contributed by atoms with Crippen molar-refractivity contribution in [1.82, 2.24) is 9.78 Å². The van der Waals surface area contributed by atoms with Gasteiger partial charge in [0.25, 0.3) is 0 Å². The van der Waals surface area contributed by atoms with Crippen molar-refractivity contribution in [2.45, 2.75) is 12.2 Å². The number of carbonyl (C=O) groups excluding carboxylic acids is 1. The number of halogens is 2. The second-order valence-corrected chi connectivity index (χ2v) is 8.04. The lowest BCUT2D eigenvalue weighted by Gasteiger charge is -2.15. The molecule has 1 N–H and O–H groups in total. The summed E-state index contributed by atoms with van der Waals surface area (Å²) in [6, 6.07) is 14.2. The molecule has 26 heavy (non-hydrogen) atoms. The Morgan fingerprint density at radius 1 is 1.27 bits per heavy atom. The maximum Gasteiger partial charge on any atom is 0.235 e. The monoisotopic (exact) mass is 431 g/mol. The molecule has 7 heteroatoms. The van der Waals surface area contributed by atoms with E-state index in [4.69, 9.17) is 0 Å². The first kappa shape index (κ1) is 17.3. The second kappa shape index (κ2) is 6.89. The number of aromatic nitrogens is 2. The van der Waals surface area contributed by atoms with Crippen LogP contribution in [0.15, 0.2) is 53.0 Å². The molecule has 1 aliphatic heterocycles. The van der Waals surface area contributed by atoms with Crippen molar-refractivity contribution in [2.75, 3.05) is 11.1 Å². The van der Waals surface area contributed by atoms with E-state index in [2.05, 4.69) is 38.5 Å². The maximum absolute atomic E-state index is 13.3. The average molecular weight is 432 g/mol. The fraction of sp³-hybridized carbons (Fsp3) is 0.158. The first-order valence-corrected chi connectivity index (χ1v) is 9.89. The van der Waals surface area contributed by atoms with Crippen molar-refractivity contribution in [1.29, 1.82) is 0 Å². The zero-order valence-corrected chi connectivity index (χ0v) is 16.3. The van der Waals surface area contributed by atoms with Gasteiger partial charge in [0.05, 0.1) is 22.4 Å². The largest absolute Gasteiger partial charge is 0.310 e. The summed E-state index contributed by atoms with van der Waals surface area (Å²) in [5.41, 5.74) is 3.62. The highest BCUT2D eigenvalue weighted by Gasteiger charge is 2.30. The molecule has 1 amide bonds. The molecule has 0 saturated heterocycles. The summed E-state index contributed by atoms with van der Waals surface area (Å²) in [5, 5.41) is 7.58. The number of benzene rings is 2. The van der Waals surface area contributed by atoms with Gasteiger partial charge in [-0.05, 0) is 48.9 Å². The standard InChI is InChI=1S/C19H15BrFN3OS/c1-11-17-18(12-3-2-4-13(20)9-12)26-10-16(25)22-19(17)24(23-11)15-7-5-14(21)6-8-15/h2-9,18H,10H2,1H3,(H,22,25)/t18-/m1/s1. The molecule has 4 nitrogen and oxygen atoms in total. The van der Waals surface area contributed by atoms with Crippen molar-refractivity contribution in [2.24, 2.45) is 0 Å². The van der Waals surface area contributed by atoms with Crippen molar-refractivity contribution in [3.05, 3.63) is 75.6 Å². The third kappa shape index (κ3) is 3.17. The molecule has 4 rings (SSSR count). The van der Waals surface area contributed by atoms with Crippen LogP contribution in [-0.2, 0) is 4.79 Å². The quantitative estimate of drug-likeness (QED) is 0.630. The van der Waals surface area contributed by atoms with Gasteiger partial charge in [-0.15, -0.1) is 11.8 Å². The Balaban J connectivity index is 1.89. The number of amides is 1. The number of hydrogen-bond acceptors (Lipinski definition) is 3. The Morgan fingerprint density at radius 3 is 2.77 bits per heavy atom. The Morgan fingerprint density at radius 2 is 2.04 bits per heavy atom. The number of rotatable bonds is 2. The van der Waals surface area contributed by atoms with E-state index in [1.54, 1.807) is 28.6 Å². The lowest BCUT2D eigenvalue weighted by molar-refractivity contribution is -0.113. The van der Waals surface area contributed by atoms with E-state index >= 15 is 0 Å². The third-order valence-electron chi connectivity index (χ3n) is 4.23. The minimum absolute atomic E-state index is 0.0179. The summed E-state index contributed by atoms with van der Waals surface area (Å²) >= 11 is 5.09. The van der Waals surface area contributed by atoms with Crippen LogP contribution in [0.25, 0.3) is 5.69 Å². The van der Waals surface area contributed by atoms with Gasteiger partial charge in [0.2, 0.25) is 5.91 Å². The Hall–Kier alpha value is -2.12. The van der Waals surface area contributed by atoms with Crippen molar-refractivity contribution in [3.8, 4) is 5.69 Å². The molecule has 3 aromatic rings. The molecule has 0 saturated carbocycles. The Labute approximate surface area is 162 Å². The first-order valence-electron chi connectivity index (χ1n) is 8.05. The van der Waals surface area contributed by atoms with Crippen molar-refractivity contribution < 1.29 is 9.18 Å². The summed E-state index contributed by atoms with van der Waals surface area (Å²) in [6.07, 6.45) is 0. The molecular weight excluding hydrogens is 417 g/mol. The van der Waals surface area contributed by atoms with Gasteiger partial charge >= 0.3 is 0 Å². The highest BCUT2D eigenvalue weighted by molar-refractivity contribution is 9.10. The van der Waals surface area contributed by atoms with E-state index in [1.165, 1.54) is 12.1 Å². The van der Waals surface area contributed by atoms with Crippen LogP contribution in [0.4, 0.5) is 10.2 Å². The molecule has 0 aliphatic carbocycles. The van der Waals surface area contributed by atoms with Gasteiger partial charge in [0, 0.05) is 10.0 Å². The van der Waals surface area contributed by atoms with Gasteiger partial charge in [0.1, 0.15) is 11.6 Å². The van der Waals surface area contributed by atoms with Gasteiger partial charge in [0.15, 0.2) is 0 Å². The van der Waals surface area contributed by atoms with E-state index in [0.717, 1.165) is 21.3 Å². The number of anilines is 1. The Bertz CT molecular complexity index is 987. The van der Waals surface area contributed by atoms with Crippen LogP contribution in [0, 0.1) is 12.7 Å². The molecular formula is C19H15BrFN3OS. The number of thioether (sulfide) groups is 1. The van der Waals surface area contributed by atoms with Gasteiger partial charge < -0.3 is 5.32 Å². The summed E-state index contributed by atoms with van der Waals surface area (Å²) in [7, 11) is 0. The molecule has 0 fully saturated rings. The van der Waals surface area contributed by atoms with Gasteiger partial charge in [-0.2, -0.15) is 5.10 Å². The molecule has 1 aromatic heterocycles. The lowest BCUT2D eigenvalue weighted by atomic mass is 10.0. The minimum atomic E-state index is -0.310. The summed E-state index contributed by atoms with van der Waals surface area (Å²) < 4.78 is 16.0. The zero-order valence-electron chi connectivity index (χ0n) is 13.9. The van der Waals surface area contributed by atoms with Crippen LogP contribution >= 0.6 is 27.7 Å². The minimum Gasteiger partial charge on any atom is -0.310 e. The number of aryl methyl sites for hydroxylation is 1. The zero-order chi connectivity index (χ0) is 18.3.